The molecule has 0 spiro atoms. The number of nitrogen functional groups attached to an aromatic ring is 1. The molecule has 0 aromatic heterocycles. The Labute approximate surface area is 117 Å². The molecule has 0 radical (unpaired) electrons. The van der Waals surface area contributed by atoms with Crippen molar-refractivity contribution in [3.05, 3.63) is 59.7 Å². The lowest BCUT2D eigenvalue weighted by atomic mass is 10.0. The van der Waals surface area contributed by atoms with Crippen molar-refractivity contribution in [2.45, 2.75) is 0 Å². The first-order valence-electron chi connectivity index (χ1n) is 5.84. The highest BCUT2D eigenvalue weighted by atomic mass is 32.2. The SMILES string of the molecule is CS(=O)(=O)Nc1ccc(C(=O)c2ccccc2N)cc1. The highest BCUT2D eigenvalue weighted by Crippen LogP contribution is 2.18. The third-order valence-corrected chi connectivity index (χ3v) is 3.26. The predicted molar refractivity (Wildman–Crippen MR) is 79.2 cm³/mol. The van der Waals surface area contributed by atoms with Gasteiger partial charge in [-0.25, -0.2) is 8.42 Å². The van der Waals surface area contributed by atoms with Crippen LogP contribution in [0.3, 0.4) is 0 Å². The van der Waals surface area contributed by atoms with Gasteiger partial charge in [0.25, 0.3) is 0 Å². The number of hydrogen-bond donors (Lipinski definition) is 2. The second-order valence-electron chi connectivity index (χ2n) is 4.37. The fourth-order valence-corrected chi connectivity index (χ4v) is 2.33. The van der Waals surface area contributed by atoms with Crippen LogP contribution in [0, 0.1) is 0 Å². The normalized spacial score (nSPS) is 11.1. The Bertz CT molecular complexity index is 737. The zero-order valence-electron chi connectivity index (χ0n) is 10.8. The monoisotopic (exact) mass is 290 g/mol. The highest BCUT2D eigenvalue weighted by Gasteiger charge is 2.12. The second kappa shape index (κ2) is 5.34. The number of rotatable bonds is 4. The van der Waals surface area contributed by atoms with Gasteiger partial charge in [0, 0.05) is 22.5 Å². The molecule has 0 heterocycles. The molecule has 3 N–H and O–H groups in total. The highest BCUT2D eigenvalue weighted by molar-refractivity contribution is 7.92. The average Bonchev–Trinajstić information content (AvgIpc) is 2.37. The van der Waals surface area contributed by atoms with Gasteiger partial charge >= 0.3 is 0 Å². The molecule has 20 heavy (non-hydrogen) atoms. The Morgan fingerprint density at radius 2 is 1.65 bits per heavy atom. The molecule has 0 fully saturated rings. The van der Waals surface area contributed by atoms with Crippen LogP contribution in [-0.2, 0) is 10.0 Å². The first kappa shape index (κ1) is 14.1. The Kier molecular flexibility index (Phi) is 3.76. The average molecular weight is 290 g/mol. The van der Waals surface area contributed by atoms with Crippen LogP contribution >= 0.6 is 0 Å². The fourth-order valence-electron chi connectivity index (χ4n) is 1.76. The smallest absolute Gasteiger partial charge is 0.229 e. The van der Waals surface area contributed by atoms with Gasteiger partial charge in [-0.3, -0.25) is 9.52 Å². The summed E-state index contributed by atoms with van der Waals surface area (Å²) < 4.78 is 24.5. The number of nitrogens with two attached hydrogens (primary N) is 1. The molecule has 0 amide bonds. The molecule has 0 saturated heterocycles. The molecule has 0 aliphatic heterocycles. The molecule has 0 saturated carbocycles. The number of nitrogens with one attached hydrogen (secondary N) is 1. The van der Waals surface area contributed by atoms with Crippen LogP contribution in [-0.4, -0.2) is 20.5 Å². The first-order valence-corrected chi connectivity index (χ1v) is 7.73. The van der Waals surface area contributed by atoms with Gasteiger partial charge in [0.2, 0.25) is 10.0 Å². The fraction of sp³-hybridized carbons (Fsp3) is 0.0714. The van der Waals surface area contributed by atoms with E-state index >= 15 is 0 Å². The summed E-state index contributed by atoms with van der Waals surface area (Å²) in [4.78, 5) is 12.2. The molecule has 2 rings (SSSR count). The third kappa shape index (κ3) is 3.36. The van der Waals surface area contributed by atoms with Gasteiger partial charge < -0.3 is 5.73 Å². The summed E-state index contributed by atoms with van der Waals surface area (Å²) in [5.74, 6) is -0.200. The van der Waals surface area contributed by atoms with Crippen molar-refractivity contribution in [3.63, 3.8) is 0 Å². The molecule has 0 atom stereocenters. The standard InChI is InChI=1S/C14H14N2O3S/c1-20(18,19)16-11-8-6-10(7-9-11)14(17)12-4-2-3-5-13(12)15/h2-9,16H,15H2,1H3. The molecule has 5 nitrogen and oxygen atoms in total. The van der Waals surface area contributed by atoms with Crippen molar-refractivity contribution < 1.29 is 13.2 Å². The van der Waals surface area contributed by atoms with Crippen molar-refractivity contribution in [2.24, 2.45) is 0 Å². The number of benzene rings is 2. The number of hydrogen-bond acceptors (Lipinski definition) is 4. The van der Waals surface area contributed by atoms with Crippen LogP contribution in [0.2, 0.25) is 0 Å². The molecule has 0 unspecified atom stereocenters. The summed E-state index contributed by atoms with van der Waals surface area (Å²) in [6, 6.07) is 13.0. The molecule has 0 aliphatic rings. The zero-order valence-corrected chi connectivity index (χ0v) is 11.6. The van der Waals surface area contributed by atoms with Crippen LogP contribution in [0.1, 0.15) is 15.9 Å². The molecule has 2 aromatic rings. The number of ketones is 1. The van der Waals surface area contributed by atoms with Gasteiger partial charge in [0.1, 0.15) is 0 Å². The van der Waals surface area contributed by atoms with E-state index < -0.39 is 10.0 Å². The van der Waals surface area contributed by atoms with E-state index in [4.69, 9.17) is 5.73 Å². The van der Waals surface area contributed by atoms with Gasteiger partial charge in [-0.05, 0) is 36.4 Å². The van der Waals surface area contributed by atoms with E-state index in [0.29, 0.717) is 22.5 Å². The Morgan fingerprint density at radius 1 is 1.05 bits per heavy atom. The zero-order chi connectivity index (χ0) is 14.8. The first-order chi connectivity index (χ1) is 9.37. The minimum Gasteiger partial charge on any atom is -0.398 e. The van der Waals surface area contributed by atoms with Gasteiger partial charge in [0.05, 0.1) is 6.26 Å². The van der Waals surface area contributed by atoms with Gasteiger partial charge in [0.15, 0.2) is 5.78 Å². The van der Waals surface area contributed by atoms with Crippen LogP contribution in [0.4, 0.5) is 11.4 Å². The van der Waals surface area contributed by atoms with Crippen LogP contribution in [0.25, 0.3) is 0 Å². The maximum atomic E-state index is 12.2. The Balaban J connectivity index is 2.27. The van der Waals surface area contributed by atoms with E-state index in [0.717, 1.165) is 6.26 Å². The minimum atomic E-state index is -3.32. The van der Waals surface area contributed by atoms with E-state index in [1.807, 2.05) is 0 Å². The summed E-state index contributed by atoms with van der Waals surface area (Å²) >= 11 is 0. The Hall–Kier alpha value is -2.34. The number of carbonyl (C=O) groups excluding carboxylic acids is 1. The van der Waals surface area contributed by atoms with Crippen LogP contribution < -0.4 is 10.5 Å². The van der Waals surface area contributed by atoms with E-state index in [9.17, 15) is 13.2 Å². The molecule has 6 heteroatoms. The van der Waals surface area contributed by atoms with Crippen LogP contribution in [0.15, 0.2) is 48.5 Å². The number of anilines is 2. The summed E-state index contributed by atoms with van der Waals surface area (Å²) in [7, 11) is -3.32. The van der Waals surface area contributed by atoms with E-state index in [2.05, 4.69) is 4.72 Å². The Morgan fingerprint density at radius 3 is 2.20 bits per heavy atom. The third-order valence-electron chi connectivity index (χ3n) is 2.66. The van der Waals surface area contributed by atoms with Crippen molar-refractivity contribution >= 4 is 27.2 Å². The van der Waals surface area contributed by atoms with Gasteiger partial charge in [-0.15, -0.1) is 0 Å². The summed E-state index contributed by atoms with van der Waals surface area (Å²) in [6.07, 6.45) is 1.07. The second-order valence-corrected chi connectivity index (χ2v) is 6.12. The summed E-state index contributed by atoms with van der Waals surface area (Å²) in [5.41, 5.74) is 7.45. The van der Waals surface area contributed by atoms with Gasteiger partial charge in [-0.1, -0.05) is 12.1 Å². The van der Waals surface area contributed by atoms with E-state index in [-0.39, 0.29) is 5.78 Å². The molecular weight excluding hydrogens is 276 g/mol. The van der Waals surface area contributed by atoms with Crippen molar-refractivity contribution in [2.75, 3.05) is 16.7 Å². The summed E-state index contributed by atoms with van der Waals surface area (Å²) in [6.45, 7) is 0. The summed E-state index contributed by atoms with van der Waals surface area (Å²) in [5, 5.41) is 0. The lowest BCUT2D eigenvalue weighted by molar-refractivity contribution is 0.103. The largest absolute Gasteiger partial charge is 0.398 e. The molecular formula is C14H14N2O3S. The number of para-hydroxylation sites is 1. The van der Waals surface area contributed by atoms with Gasteiger partial charge in [-0.2, -0.15) is 0 Å². The molecule has 0 bridgehead atoms. The number of carbonyl (C=O) groups is 1. The maximum Gasteiger partial charge on any atom is 0.229 e. The van der Waals surface area contributed by atoms with Crippen molar-refractivity contribution in [3.8, 4) is 0 Å². The molecule has 0 aliphatic carbocycles. The molecule has 2 aromatic carbocycles. The molecule has 104 valence electrons. The van der Waals surface area contributed by atoms with E-state index in [1.54, 1.807) is 36.4 Å². The van der Waals surface area contributed by atoms with Crippen molar-refractivity contribution in [1.29, 1.82) is 0 Å². The predicted octanol–water partition coefficient (Wildman–Crippen LogP) is 1.87. The lowest BCUT2D eigenvalue weighted by Gasteiger charge is -2.06. The van der Waals surface area contributed by atoms with Crippen LogP contribution in [0.5, 0.6) is 0 Å². The number of sulfonamides is 1. The van der Waals surface area contributed by atoms with E-state index in [1.165, 1.54) is 12.1 Å². The minimum absolute atomic E-state index is 0.200. The quantitative estimate of drug-likeness (QED) is 0.664. The van der Waals surface area contributed by atoms with Crippen molar-refractivity contribution in [1.82, 2.24) is 0 Å². The topological polar surface area (TPSA) is 89.3 Å². The lowest BCUT2D eigenvalue weighted by Crippen LogP contribution is -2.10. The maximum absolute atomic E-state index is 12.2.